The number of carbonyl (C=O) groups is 2. The molecule has 2 aromatic carbocycles. The van der Waals surface area contributed by atoms with Gasteiger partial charge in [-0.1, -0.05) is 30.3 Å². The molecule has 0 unspecified atom stereocenters. The van der Waals surface area contributed by atoms with Crippen molar-refractivity contribution in [2.45, 2.75) is 6.61 Å². The first-order valence-electron chi connectivity index (χ1n) is 6.90. The first-order valence-corrected chi connectivity index (χ1v) is 6.90. The number of esters is 1. The van der Waals surface area contributed by atoms with Gasteiger partial charge in [0, 0.05) is 11.6 Å². The van der Waals surface area contributed by atoms with Crippen molar-refractivity contribution in [2.75, 3.05) is 7.11 Å². The highest BCUT2D eigenvalue weighted by Gasteiger charge is 2.11. The van der Waals surface area contributed by atoms with Gasteiger partial charge >= 0.3 is 5.97 Å². The maximum absolute atomic E-state index is 11.9. The highest BCUT2D eigenvalue weighted by Crippen LogP contribution is 2.15. The van der Waals surface area contributed by atoms with Crippen molar-refractivity contribution in [3.63, 3.8) is 0 Å². The molecule has 0 amide bonds. The van der Waals surface area contributed by atoms with E-state index >= 15 is 0 Å². The number of methoxy groups -OCH3 is 1. The Morgan fingerprint density at radius 3 is 2.30 bits per heavy atom. The molecule has 0 bridgehead atoms. The molecule has 0 aliphatic rings. The Kier molecular flexibility index (Phi) is 5.52. The topological polar surface area (TPSA) is 72.8 Å². The van der Waals surface area contributed by atoms with Gasteiger partial charge in [0.1, 0.15) is 12.4 Å². The van der Waals surface area contributed by atoms with Crippen molar-refractivity contribution < 1.29 is 24.2 Å². The average molecular weight is 312 g/mol. The van der Waals surface area contributed by atoms with Crippen LogP contribution in [0, 0.1) is 0 Å². The van der Waals surface area contributed by atoms with Crippen LogP contribution in [0.15, 0.2) is 66.4 Å². The van der Waals surface area contributed by atoms with Crippen molar-refractivity contribution in [2.24, 2.45) is 0 Å². The van der Waals surface area contributed by atoms with Gasteiger partial charge in [0.2, 0.25) is 5.76 Å². The molecule has 0 atom stereocenters. The van der Waals surface area contributed by atoms with Gasteiger partial charge in [-0.15, -0.1) is 0 Å². The maximum atomic E-state index is 11.9. The summed E-state index contributed by atoms with van der Waals surface area (Å²) in [5.74, 6) is -1.57. The molecule has 118 valence electrons. The summed E-state index contributed by atoms with van der Waals surface area (Å²) in [7, 11) is 1.12. The van der Waals surface area contributed by atoms with E-state index < -0.39 is 17.5 Å². The Labute approximate surface area is 133 Å². The molecule has 5 heteroatoms. The Hall–Kier alpha value is -3.08. The fourth-order valence-corrected chi connectivity index (χ4v) is 1.83. The minimum absolute atomic E-state index is 0.326. The molecule has 0 saturated carbocycles. The van der Waals surface area contributed by atoms with Crippen LogP contribution in [0.4, 0.5) is 0 Å². The molecule has 0 spiro atoms. The lowest BCUT2D eigenvalue weighted by molar-refractivity contribution is -0.139. The van der Waals surface area contributed by atoms with Gasteiger partial charge in [0.05, 0.1) is 7.11 Å². The van der Waals surface area contributed by atoms with E-state index in [-0.39, 0.29) is 0 Å². The monoisotopic (exact) mass is 312 g/mol. The molecular weight excluding hydrogens is 296 g/mol. The lowest BCUT2D eigenvalue weighted by Gasteiger charge is -2.06. The number of hydrogen-bond acceptors (Lipinski definition) is 5. The maximum Gasteiger partial charge on any atom is 0.373 e. The van der Waals surface area contributed by atoms with Crippen LogP contribution < -0.4 is 4.74 Å². The van der Waals surface area contributed by atoms with Gasteiger partial charge in [0.15, 0.2) is 5.78 Å². The van der Waals surface area contributed by atoms with Gasteiger partial charge in [-0.05, 0) is 29.8 Å². The van der Waals surface area contributed by atoms with Gasteiger partial charge in [-0.2, -0.15) is 0 Å². The molecule has 1 N–H and O–H groups in total. The zero-order chi connectivity index (χ0) is 16.7. The third-order valence-electron chi connectivity index (χ3n) is 3.05. The molecule has 0 aliphatic heterocycles. The summed E-state index contributed by atoms with van der Waals surface area (Å²) in [5.41, 5.74) is 1.37. The molecule has 5 nitrogen and oxygen atoms in total. The molecule has 0 aliphatic carbocycles. The third kappa shape index (κ3) is 4.71. The quantitative estimate of drug-likeness (QED) is 0.384. The van der Waals surface area contributed by atoms with Crippen molar-refractivity contribution in [1.29, 1.82) is 0 Å². The summed E-state index contributed by atoms with van der Waals surface area (Å²) in [6.07, 6.45) is 0.825. The molecule has 0 heterocycles. The predicted molar refractivity (Wildman–Crippen MR) is 84.3 cm³/mol. The Morgan fingerprint density at radius 1 is 1.04 bits per heavy atom. The van der Waals surface area contributed by atoms with E-state index in [0.717, 1.165) is 18.7 Å². The fraction of sp³-hybridized carbons (Fsp3) is 0.111. The average Bonchev–Trinajstić information content (AvgIpc) is 2.60. The largest absolute Gasteiger partial charge is 0.502 e. The second kappa shape index (κ2) is 7.79. The summed E-state index contributed by atoms with van der Waals surface area (Å²) in [6.45, 7) is 0.428. The van der Waals surface area contributed by atoms with Crippen LogP contribution in [0.2, 0.25) is 0 Å². The van der Waals surface area contributed by atoms with E-state index in [1.165, 1.54) is 0 Å². The number of aliphatic hydroxyl groups excluding tert-OH is 1. The summed E-state index contributed by atoms with van der Waals surface area (Å²) in [5, 5.41) is 9.36. The summed E-state index contributed by atoms with van der Waals surface area (Å²) < 4.78 is 9.93. The zero-order valence-corrected chi connectivity index (χ0v) is 12.6. The van der Waals surface area contributed by atoms with E-state index in [1.54, 1.807) is 24.3 Å². The van der Waals surface area contributed by atoms with Gasteiger partial charge in [-0.25, -0.2) is 4.79 Å². The van der Waals surface area contributed by atoms with Crippen LogP contribution >= 0.6 is 0 Å². The summed E-state index contributed by atoms with van der Waals surface area (Å²) in [4.78, 5) is 22.9. The first kappa shape index (κ1) is 16.3. The summed E-state index contributed by atoms with van der Waals surface area (Å²) >= 11 is 0. The normalized spacial score (nSPS) is 10.9. The molecular formula is C18H16O5. The molecule has 2 rings (SSSR count). The minimum atomic E-state index is -0.957. The molecule has 23 heavy (non-hydrogen) atoms. The SMILES string of the molecule is COC(=O)/C(O)=C/C(=O)c1ccc(OCc2ccccc2)cc1. The number of rotatable bonds is 6. The number of hydrogen-bond donors (Lipinski definition) is 1. The van der Waals surface area contributed by atoms with E-state index in [2.05, 4.69) is 4.74 Å². The third-order valence-corrected chi connectivity index (χ3v) is 3.05. The fourth-order valence-electron chi connectivity index (χ4n) is 1.83. The second-order valence-electron chi connectivity index (χ2n) is 4.68. The first-order chi connectivity index (χ1) is 11.1. The molecule has 0 radical (unpaired) electrons. The van der Waals surface area contributed by atoms with Crippen LogP contribution in [0.3, 0.4) is 0 Å². The van der Waals surface area contributed by atoms with Crippen LogP contribution in [0.25, 0.3) is 0 Å². The van der Waals surface area contributed by atoms with Crippen molar-refractivity contribution in [1.82, 2.24) is 0 Å². The smallest absolute Gasteiger partial charge is 0.373 e. The van der Waals surface area contributed by atoms with Crippen molar-refractivity contribution in [3.05, 3.63) is 77.6 Å². The molecule has 0 fully saturated rings. The van der Waals surface area contributed by atoms with E-state index in [1.807, 2.05) is 30.3 Å². The number of aliphatic hydroxyl groups is 1. The van der Waals surface area contributed by atoms with E-state index in [4.69, 9.17) is 4.74 Å². The highest BCUT2D eigenvalue weighted by molar-refractivity contribution is 6.07. The molecule has 2 aromatic rings. The second-order valence-corrected chi connectivity index (χ2v) is 4.68. The highest BCUT2D eigenvalue weighted by atomic mass is 16.5. The number of ether oxygens (including phenoxy) is 2. The van der Waals surface area contributed by atoms with Crippen molar-refractivity contribution >= 4 is 11.8 Å². The Bertz CT molecular complexity index is 702. The Balaban J connectivity index is 1.99. The number of allylic oxidation sites excluding steroid dienone is 1. The van der Waals surface area contributed by atoms with Gasteiger partial charge < -0.3 is 14.6 Å². The number of benzene rings is 2. The Morgan fingerprint density at radius 2 is 1.70 bits per heavy atom. The van der Waals surface area contributed by atoms with E-state index in [9.17, 15) is 14.7 Å². The minimum Gasteiger partial charge on any atom is -0.502 e. The zero-order valence-electron chi connectivity index (χ0n) is 12.6. The predicted octanol–water partition coefficient (Wildman–Crippen LogP) is 3.06. The van der Waals surface area contributed by atoms with E-state index in [0.29, 0.717) is 17.9 Å². The van der Waals surface area contributed by atoms with Gasteiger partial charge in [0.25, 0.3) is 0 Å². The summed E-state index contributed by atoms with van der Waals surface area (Å²) in [6, 6.07) is 16.1. The number of carbonyl (C=O) groups excluding carboxylic acids is 2. The van der Waals surface area contributed by atoms with Crippen LogP contribution in [-0.2, 0) is 16.1 Å². The molecule has 0 aromatic heterocycles. The van der Waals surface area contributed by atoms with Crippen LogP contribution in [-0.4, -0.2) is 24.0 Å². The van der Waals surface area contributed by atoms with Crippen molar-refractivity contribution in [3.8, 4) is 5.75 Å². The van der Waals surface area contributed by atoms with Crippen LogP contribution in [0.5, 0.6) is 5.75 Å². The van der Waals surface area contributed by atoms with Gasteiger partial charge in [-0.3, -0.25) is 4.79 Å². The standard InChI is InChI=1S/C18H16O5/c1-22-18(21)17(20)11-16(19)14-7-9-15(10-8-14)23-12-13-5-3-2-4-6-13/h2-11,20H,12H2,1H3/b17-11-. The lowest BCUT2D eigenvalue weighted by atomic mass is 10.1. The molecule has 0 saturated heterocycles. The lowest BCUT2D eigenvalue weighted by Crippen LogP contribution is -2.07. The number of ketones is 1. The van der Waals surface area contributed by atoms with Crippen LogP contribution in [0.1, 0.15) is 15.9 Å².